The van der Waals surface area contributed by atoms with Crippen molar-refractivity contribution in [3.05, 3.63) is 178 Å². The largest absolute Gasteiger partial charge is 0.363 e. The maximum absolute atomic E-state index is 15.6. The zero-order valence-electron chi connectivity index (χ0n) is 25.7. The molecule has 5 heteroatoms. The van der Waals surface area contributed by atoms with Crippen molar-refractivity contribution >= 4 is 39.8 Å². The number of nitrogens with one attached hydrogen (secondary N) is 2. The first-order valence-corrected chi connectivity index (χ1v) is 16.3. The topological polar surface area (TPSA) is 48.1 Å². The lowest BCUT2D eigenvalue weighted by Gasteiger charge is -2.39. The molecule has 0 radical (unpaired) electrons. The van der Waals surface area contributed by atoms with Gasteiger partial charge in [0, 0.05) is 44.0 Å². The smallest absolute Gasteiger partial charge is 0.263 e. The SMILES string of the molecule is Cc1c(-c2cccc(Cl)c2)[nH]c2c3c(ccc12)C1(Nc2ccccc2-3)C(=O)N(C(c2ccccc2)c2ccccc2)c2ccccc21. The molecule has 0 aliphatic carbocycles. The van der Waals surface area contributed by atoms with Gasteiger partial charge >= 0.3 is 0 Å². The highest BCUT2D eigenvalue weighted by atomic mass is 35.5. The zero-order chi connectivity index (χ0) is 31.7. The molecule has 1 aromatic heterocycles. The Morgan fingerprint density at radius 2 is 1.38 bits per heavy atom. The highest BCUT2D eigenvalue weighted by Crippen LogP contribution is 2.57. The number of carbonyl (C=O) groups excluding carboxylic acids is 1. The normalized spacial score (nSPS) is 16.3. The predicted molar refractivity (Wildman–Crippen MR) is 192 cm³/mol. The van der Waals surface area contributed by atoms with Gasteiger partial charge in [-0.2, -0.15) is 0 Å². The van der Waals surface area contributed by atoms with Gasteiger partial charge in [-0.15, -0.1) is 0 Å². The van der Waals surface area contributed by atoms with Crippen molar-refractivity contribution in [2.24, 2.45) is 0 Å². The molecule has 0 saturated heterocycles. The minimum Gasteiger partial charge on any atom is -0.363 e. The van der Waals surface area contributed by atoms with Crippen LogP contribution in [0.25, 0.3) is 33.3 Å². The van der Waals surface area contributed by atoms with Crippen LogP contribution in [0.15, 0.2) is 146 Å². The number of aromatic nitrogens is 1. The molecule has 1 amide bonds. The van der Waals surface area contributed by atoms with Crippen molar-refractivity contribution in [1.29, 1.82) is 0 Å². The second-order valence-electron chi connectivity index (χ2n) is 12.4. The van der Waals surface area contributed by atoms with Crippen molar-refractivity contribution in [2.75, 3.05) is 10.2 Å². The second kappa shape index (κ2) is 10.5. The van der Waals surface area contributed by atoms with Crippen molar-refractivity contribution in [2.45, 2.75) is 18.5 Å². The summed E-state index contributed by atoms with van der Waals surface area (Å²) in [6.45, 7) is 2.15. The number of hydrogen-bond donors (Lipinski definition) is 2. The van der Waals surface area contributed by atoms with E-state index < -0.39 is 5.54 Å². The van der Waals surface area contributed by atoms with Gasteiger partial charge in [0.1, 0.15) is 0 Å². The van der Waals surface area contributed by atoms with Crippen LogP contribution >= 0.6 is 11.6 Å². The number of carbonyl (C=O) groups is 1. The number of nitrogens with zero attached hydrogens (tertiary/aromatic N) is 1. The number of aryl methyl sites for hydroxylation is 1. The van der Waals surface area contributed by atoms with E-state index in [9.17, 15) is 0 Å². The third-order valence-electron chi connectivity index (χ3n) is 9.87. The molecule has 9 rings (SSSR count). The lowest BCUT2D eigenvalue weighted by molar-refractivity contribution is -0.121. The molecule has 1 unspecified atom stereocenters. The lowest BCUT2D eigenvalue weighted by atomic mass is 9.75. The molecule has 7 aromatic rings. The van der Waals surface area contributed by atoms with E-state index >= 15 is 4.79 Å². The fourth-order valence-corrected chi connectivity index (χ4v) is 8.00. The number of amides is 1. The minimum atomic E-state index is -1.15. The van der Waals surface area contributed by atoms with Gasteiger partial charge in [-0.3, -0.25) is 9.69 Å². The van der Waals surface area contributed by atoms with Crippen LogP contribution in [-0.2, 0) is 10.3 Å². The molecule has 2 aliphatic heterocycles. The van der Waals surface area contributed by atoms with E-state index in [0.29, 0.717) is 5.02 Å². The Bertz CT molecular complexity index is 2310. The van der Waals surface area contributed by atoms with Crippen LogP contribution in [0.4, 0.5) is 11.4 Å². The maximum Gasteiger partial charge on any atom is 0.263 e. The number of benzene rings is 6. The van der Waals surface area contributed by atoms with Gasteiger partial charge < -0.3 is 10.3 Å². The van der Waals surface area contributed by atoms with E-state index in [2.05, 4.69) is 90.0 Å². The average molecular weight is 628 g/mol. The third kappa shape index (κ3) is 3.98. The fraction of sp³-hybridized carbons (Fsp3) is 0.0714. The van der Waals surface area contributed by atoms with Crippen molar-refractivity contribution in [3.8, 4) is 22.4 Å². The predicted octanol–water partition coefficient (Wildman–Crippen LogP) is 10.3. The van der Waals surface area contributed by atoms with E-state index in [1.807, 2.05) is 77.7 Å². The van der Waals surface area contributed by atoms with Crippen LogP contribution in [0.1, 0.15) is 33.9 Å². The quantitative estimate of drug-likeness (QED) is 0.204. The number of H-pyrrole nitrogens is 1. The summed E-state index contributed by atoms with van der Waals surface area (Å²) in [5, 5.41) is 5.63. The molecular weight excluding hydrogens is 598 g/mol. The number of halogens is 1. The van der Waals surface area contributed by atoms with Crippen LogP contribution in [0, 0.1) is 6.92 Å². The maximum atomic E-state index is 15.6. The highest BCUT2D eigenvalue weighted by molar-refractivity contribution is 6.30. The first-order valence-electron chi connectivity index (χ1n) is 15.9. The average Bonchev–Trinajstić information content (AvgIpc) is 3.57. The summed E-state index contributed by atoms with van der Waals surface area (Å²) in [5.74, 6) is -0.00940. The lowest BCUT2D eigenvalue weighted by Crippen LogP contribution is -2.49. The van der Waals surface area contributed by atoms with Crippen LogP contribution in [-0.4, -0.2) is 10.9 Å². The van der Waals surface area contributed by atoms with Crippen LogP contribution in [0.5, 0.6) is 0 Å². The monoisotopic (exact) mass is 627 g/mol. The first kappa shape index (κ1) is 27.7. The standard InChI is InChI=1S/C42H30ClN3O/c1-26-31-23-24-34-37(39(31)44-38(26)29-17-12-18-30(43)25-29)32-19-8-10-21-35(32)45-42(34)33-20-9-11-22-36(33)46(41(42)47)40(27-13-4-2-5-14-27)28-15-6-3-7-16-28/h2-25,40,44-45H,1H3. The summed E-state index contributed by atoms with van der Waals surface area (Å²) in [6, 6.07) is 49.1. The van der Waals surface area contributed by atoms with Crippen molar-refractivity contribution in [3.63, 3.8) is 0 Å². The van der Waals surface area contributed by atoms with E-state index in [4.69, 9.17) is 11.6 Å². The third-order valence-corrected chi connectivity index (χ3v) is 10.1. The Hall–Kier alpha value is -5.58. The Morgan fingerprint density at radius 3 is 2.13 bits per heavy atom. The molecular formula is C42H30ClN3O. The molecule has 0 saturated carbocycles. The van der Waals surface area contributed by atoms with Crippen molar-refractivity contribution < 1.29 is 4.79 Å². The van der Waals surface area contributed by atoms with Crippen LogP contribution < -0.4 is 10.2 Å². The molecule has 0 fully saturated rings. The van der Waals surface area contributed by atoms with E-state index in [-0.39, 0.29) is 11.9 Å². The molecule has 1 spiro atoms. The summed E-state index contributed by atoms with van der Waals surface area (Å²) in [7, 11) is 0. The van der Waals surface area contributed by atoms with Gasteiger partial charge in [-0.05, 0) is 53.4 Å². The summed E-state index contributed by atoms with van der Waals surface area (Å²) >= 11 is 6.44. The Labute approximate surface area is 278 Å². The van der Waals surface area contributed by atoms with Gasteiger partial charge in [0.2, 0.25) is 0 Å². The van der Waals surface area contributed by atoms with E-state index in [0.717, 1.165) is 72.5 Å². The molecule has 0 bridgehead atoms. The van der Waals surface area contributed by atoms with E-state index in [1.54, 1.807) is 0 Å². The number of hydrogen-bond acceptors (Lipinski definition) is 2. The molecule has 3 heterocycles. The van der Waals surface area contributed by atoms with Crippen molar-refractivity contribution in [1.82, 2.24) is 4.98 Å². The number of aromatic amines is 1. The summed E-state index contributed by atoms with van der Waals surface area (Å²) in [6.07, 6.45) is 0. The number of rotatable bonds is 4. The fourth-order valence-electron chi connectivity index (χ4n) is 7.81. The second-order valence-corrected chi connectivity index (χ2v) is 12.8. The van der Waals surface area contributed by atoms with Gasteiger partial charge in [0.25, 0.3) is 5.91 Å². The van der Waals surface area contributed by atoms with E-state index in [1.165, 1.54) is 0 Å². The van der Waals surface area contributed by atoms with Gasteiger partial charge in [0.15, 0.2) is 5.54 Å². The molecule has 226 valence electrons. The number of para-hydroxylation sites is 2. The molecule has 1 atom stereocenters. The van der Waals surface area contributed by atoms with Gasteiger partial charge in [-0.25, -0.2) is 0 Å². The Kier molecular flexibility index (Phi) is 6.18. The summed E-state index contributed by atoms with van der Waals surface area (Å²) < 4.78 is 0. The molecule has 2 aliphatic rings. The first-order chi connectivity index (χ1) is 23.1. The number of anilines is 2. The molecule has 2 N–H and O–H groups in total. The van der Waals surface area contributed by atoms with Gasteiger partial charge in [-0.1, -0.05) is 133 Å². The summed E-state index contributed by atoms with van der Waals surface area (Å²) in [4.78, 5) is 21.4. The highest BCUT2D eigenvalue weighted by Gasteiger charge is 2.57. The number of fused-ring (bicyclic) bond motifs is 8. The molecule has 4 nitrogen and oxygen atoms in total. The summed E-state index contributed by atoms with van der Waals surface area (Å²) in [5.41, 5.74) is 10.9. The molecule has 6 aromatic carbocycles. The Balaban J connectivity index is 1.33. The van der Waals surface area contributed by atoms with Crippen LogP contribution in [0.2, 0.25) is 5.02 Å². The van der Waals surface area contributed by atoms with Crippen LogP contribution in [0.3, 0.4) is 0 Å². The molecule has 47 heavy (non-hydrogen) atoms. The minimum absolute atomic E-state index is 0.00940. The zero-order valence-corrected chi connectivity index (χ0v) is 26.4. The Morgan fingerprint density at radius 1 is 0.702 bits per heavy atom. The van der Waals surface area contributed by atoms with Gasteiger partial charge in [0.05, 0.1) is 17.2 Å².